The van der Waals surface area contributed by atoms with Crippen LogP contribution in [0.4, 0.5) is 0 Å². The van der Waals surface area contributed by atoms with Gasteiger partial charge in [-0.25, -0.2) is 0 Å². The molecule has 1 aromatic carbocycles. The van der Waals surface area contributed by atoms with Crippen molar-refractivity contribution in [3.63, 3.8) is 0 Å². The van der Waals surface area contributed by atoms with Crippen molar-refractivity contribution >= 4 is 17.7 Å². The van der Waals surface area contributed by atoms with Gasteiger partial charge in [0.1, 0.15) is 11.8 Å². The highest BCUT2D eigenvalue weighted by Crippen LogP contribution is 2.26. The lowest BCUT2D eigenvalue weighted by Crippen LogP contribution is -2.52. The molecule has 2 heterocycles. The normalized spacial score (nSPS) is 19.0. The van der Waals surface area contributed by atoms with Gasteiger partial charge in [-0.2, -0.15) is 0 Å². The Bertz CT molecular complexity index is 961. The summed E-state index contributed by atoms with van der Waals surface area (Å²) < 4.78 is 11.1. The molecule has 0 unspecified atom stereocenters. The van der Waals surface area contributed by atoms with Crippen LogP contribution in [0.5, 0.6) is 0 Å². The van der Waals surface area contributed by atoms with Crippen LogP contribution in [0.15, 0.2) is 47.1 Å². The highest BCUT2D eigenvalue weighted by atomic mass is 16.5. The van der Waals surface area contributed by atoms with Gasteiger partial charge in [-0.1, -0.05) is 42.7 Å². The number of nitrogens with one attached hydrogen (secondary N) is 2. The summed E-state index contributed by atoms with van der Waals surface area (Å²) in [5, 5.41) is 5.75. The third kappa shape index (κ3) is 6.05. The van der Waals surface area contributed by atoms with Crippen LogP contribution in [0.25, 0.3) is 0 Å². The Kier molecular flexibility index (Phi) is 8.00. The van der Waals surface area contributed by atoms with Gasteiger partial charge in [0.25, 0.3) is 0 Å². The Morgan fingerprint density at radius 2 is 1.82 bits per heavy atom. The molecule has 0 bridgehead atoms. The van der Waals surface area contributed by atoms with Gasteiger partial charge in [0, 0.05) is 19.2 Å². The maximum absolute atomic E-state index is 13.5. The number of hydrogen-bond acceptors (Lipinski definition) is 5. The monoisotopic (exact) mass is 467 g/mol. The maximum atomic E-state index is 13.5. The molecule has 34 heavy (non-hydrogen) atoms. The van der Waals surface area contributed by atoms with Gasteiger partial charge in [-0.3, -0.25) is 14.4 Å². The number of carbonyl (C=O) groups excluding carboxylic acids is 3. The Hall–Kier alpha value is -3.13. The summed E-state index contributed by atoms with van der Waals surface area (Å²) >= 11 is 0. The first-order valence-corrected chi connectivity index (χ1v) is 12.1. The SMILES string of the molecule is Cc1ccc([C@@H](C(=O)NCc2ccco2)N(C[C@@H]2CCCO2)C(=O)C(=O)NC2CCCC2)cc1. The van der Waals surface area contributed by atoms with Gasteiger partial charge in [0.05, 0.1) is 18.9 Å². The standard InChI is InChI=1S/C26H33N3O5/c1-18-10-12-19(13-11-18)23(24(30)27-16-21-8-4-14-33-21)29(17-22-9-5-15-34-22)26(32)25(31)28-20-6-2-3-7-20/h4,8,10-14,20,22-23H,2-3,5-7,9,15-17H2,1H3,(H,27,30)(H,28,31)/t22-,23-/m0/s1. The number of amides is 3. The van der Waals surface area contributed by atoms with E-state index >= 15 is 0 Å². The Morgan fingerprint density at radius 1 is 1.06 bits per heavy atom. The van der Waals surface area contributed by atoms with Crippen molar-refractivity contribution in [3.8, 4) is 0 Å². The number of aryl methyl sites for hydroxylation is 1. The van der Waals surface area contributed by atoms with Crippen molar-refractivity contribution in [2.45, 2.75) is 70.2 Å². The molecule has 1 aliphatic heterocycles. The topological polar surface area (TPSA) is 101 Å². The first kappa shape index (κ1) is 24.0. The second kappa shape index (κ2) is 11.3. The summed E-state index contributed by atoms with van der Waals surface area (Å²) in [6, 6.07) is 10.0. The van der Waals surface area contributed by atoms with E-state index in [1.807, 2.05) is 31.2 Å². The second-order valence-corrected chi connectivity index (χ2v) is 9.16. The molecule has 1 aromatic heterocycles. The molecule has 2 atom stereocenters. The molecule has 3 amide bonds. The van der Waals surface area contributed by atoms with E-state index in [9.17, 15) is 14.4 Å². The zero-order valence-corrected chi connectivity index (χ0v) is 19.6. The molecular weight excluding hydrogens is 434 g/mol. The molecule has 4 rings (SSSR count). The van der Waals surface area contributed by atoms with Gasteiger partial charge in [0.2, 0.25) is 5.91 Å². The molecule has 1 saturated heterocycles. The number of rotatable bonds is 8. The van der Waals surface area contributed by atoms with Crippen LogP contribution in [-0.2, 0) is 25.7 Å². The molecule has 2 fully saturated rings. The summed E-state index contributed by atoms with van der Waals surface area (Å²) in [7, 11) is 0. The Morgan fingerprint density at radius 3 is 2.47 bits per heavy atom. The Labute approximate surface area is 200 Å². The second-order valence-electron chi connectivity index (χ2n) is 9.16. The molecule has 1 aliphatic carbocycles. The number of ether oxygens (including phenoxy) is 1. The largest absolute Gasteiger partial charge is 0.467 e. The zero-order chi connectivity index (χ0) is 23.9. The quantitative estimate of drug-likeness (QED) is 0.582. The van der Waals surface area contributed by atoms with Crippen LogP contribution in [0.1, 0.15) is 61.5 Å². The van der Waals surface area contributed by atoms with E-state index in [1.165, 1.54) is 4.90 Å². The fourth-order valence-electron chi connectivity index (χ4n) is 4.67. The highest BCUT2D eigenvalue weighted by molar-refractivity contribution is 6.35. The first-order chi connectivity index (χ1) is 16.5. The van der Waals surface area contributed by atoms with E-state index in [4.69, 9.17) is 9.15 Å². The molecular formula is C26H33N3O5. The number of hydrogen-bond donors (Lipinski definition) is 2. The van der Waals surface area contributed by atoms with Crippen molar-refractivity contribution in [2.24, 2.45) is 0 Å². The molecule has 182 valence electrons. The fraction of sp³-hybridized carbons (Fsp3) is 0.500. The van der Waals surface area contributed by atoms with Crippen molar-refractivity contribution in [1.29, 1.82) is 0 Å². The van der Waals surface area contributed by atoms with Crippen LogP contribution in [0.2, 0.25) is 0 Å². The summed E-state index contributed by atoms with van der Waals surface area (Å²) in [6.45, 7) is 2.93. The fourth-order valence-corrected chi connectivity index (χ4v) is 4.67. The molecule has 1 saturated carbocycles. The summed E-state index contributed by atoms with van der Waals surface area (Å²) in [6.07, 6.45) is 6.82. The molecule has 8 nitrogen and oxygen atoms in total. The van der Waals surface area contributed by atoms with Gasteiger partial charge >= 0.3 is 11.8 Å². The van der Waals surface area contributed by atoms with E-state index in [0.29, 0.717) is 17.9 Å². The number of carbonyl (C=O) groups is 3. The van der Waals surface area contributed by atoms with E-state index in [-0.39, 0.29) is 31.1 Å². The van der Waals surface area contributed by atoms with Crippen LogP contribution >= 0.6 is 0 Å². The highest BCUT2D eigenvalue weighted by Gasteiger charge is 2.37. The number of nitrogens with zero attached hydrogens (tertiary/aromatic N) is 1. The van der Waals surface area contributed by atoms with E-state index in [1.54, 1.807) is 18.4 Å². The molecule has 2 N–H and O–H groups in total. The average Bonchev–Trinajstić information content (AvgIpc) is 3.62. The van der Waals surface area contributed by atoms with Crippen LogP contribution < -0.4 is 10.6 Å². The van der Waals surface area contributed by atoms with Crippen molar-refractivity contribution in [2.75, 3.05) is 13.2 Å². The zero-order valence-electron chi connectivity index (χ0n) is 19.6. The van der Waals surface area contributed by atoms with Crippen LogP contribution in [-0.4, -0.2) is 47.9 Å². The average molecular weight is 468 g/mol. The van der Waals surface area contributed by atoms with E-state index in [2.05, 4.69) is 10.6 Å². The summed E-state index contributed by atoms with van der Waals surface area (Å²) in [5.74, 6) is -1.14. The molecule has 0 spiro atoms. The molecule has 8 heteroatoms. The van der Waals surface area contributed by atoms with Gasteiger partial charge in [-0.05, 0) is 50.3 Å². The minimum Gasteiger partial charge on any atom is -0.467 e. The van der Waals surface area contributed by atoms with Gasteiger partial charge < -0.3 is 24.7 Å². The van der Waals surface area contributed by atoms with Crippen molar-refractivity contribution in [3.05, 3.63) is 59.5 Å². The first-order valence-electron chi connectivity index (χ1n) is 12.1. The smallest absolute Gasteiger partial charge is 0.312 e. The predicted molar refractivity (Wildman–Crippen MR) is 126 cm³/mol. The van der Waals surface area contributed by atoms with E-state index in [0.717, 1.165) is 44.1 Å². The minimum absolute atomic E-state index is 0.00614. The van der Waals surface area contributed by atoms with E-state index < -0.39 is 17.9 Å². The number of furan rings is 1. The molecule has 2 aliphatic rings. The maximum Gasteiger partial charge on any atom is 0.312 e. The third-order valence-corrected chi connectivity index (χ3v) is 6.54. The van der Waals surface area contributed by atoms with Crippen LogP contribution in [0, 0.1) is 6.92 Å². The lowest BCUT2D eigenvalue weighted by molar-refractivity contribution is -0.151. The summed E-state index contributed by atoms with van der Waals surface area (Å²) in [4.78, 5) is 41.3. The predicted octanol–water partition coefficient (Wildman–Crippen LogP) is 3.01. The minimum atomic E-state index is -0.971. The summed E-state index contributed by atoms with van der Waals surface area (Å²) in [5.41, 5.74) is 1.68. The lowest BCUT2D eigenvalue weighted by Gasteiger charge is -2.32. The van der Waals surface area contributed by atoms with Crippen molar-refractivity contribution in [1.82, 2.24) is 15.5 Å². The van der Waals surface area contributed by atoms with Crippen molar-refractivity contribution < 1.29 is 23.5 Å². The third-order valence-electron chi connectivity index (χ3n) is 6.54. The Balaban J connectivity index is 1.60. The van der Waals surface area contributed by atoms with Gasteiger partial charge in [-0.15, -0.1) is 0 Å². The molecule has 0 radical (unpaired) electrons. The molecule has 2 aromatic rings. The lowest BCUT2D eigenvalue weighted by atomic mass is 10.0. The van der Waals surface area contributed by atoms with Gasteiger partial charge in [0.15, 0.2) is 0 Å². The number of benzene rings is 1. The van der Waals surface area contributed by atoms with Crippen LogP contribution in [0.3, 0.4) is 0 Å².